The molecule has 1 amide bonds. The molecule has 2 rings (SSSR count). The molecule has 4 nitrogen and oxygen atoms in total. The smallest absolute Gasteiger partial charge is 0.224 e. The Balaban J connectivity index is 1.74. The first-order chi connectivity index (χ1) is 7.75. The van der Waals surface area contributed by atoms with Gasteiger partial charge in [-0.2, -0.15) is 0 Å². The molecule has 0 saturated carbocycles. The Bertz CT molecular complexity index is 353. The van der Waals surface area contributed by atoms with Crippen molar-refractivity contribution in [1.82, 2.24) is 4.90 Å². The standard InChI is InChI=1S/C12H16N2O2/c13-10-8-12(15)14(9-10)6-7-16-11-4-2-1-3-5-11/h1-5,10H,6-9,13H2. The Morgan fingerprint density at radius 1 is 1.38 bits per heavy atom. The number of hydrogen-bond acceptors (Lipinski definition) is 3. The fourth-order valence-electron chi connectivity index (χ4n) is 1.81. The number of ether oxygens (including phenoxy) is 1. The molecular weight excluding hydrogens is 204 g/mol. The second kappa shape index (κ2) is 4.99. The molecule has 1 saturated heterocycles. The van der Waals surface area contributed by atoms with Crippen molar-refractivity contribution < 1.29 is 9.53 Å². The van der Waals surface area contributed by atoms with Gasteiger partial charge in [0.1, 0.15) is 12.4 Å². The number of para-hydroxylation sites is 1. The van der Waals surface area contributed by atoms with Crippen LogP contribution in [0, 0.1) is 0 Å². The summed E-state index contributed by atoms with van der Waals surface area (Å²) in [5, 5.41) is 0. The van der Waals surface area contributed by atoms with Crippen LogP contribution in [-0.4, -0.2) is 36.5 Å². The minimum absolute atomic E-state index is 0.00998. The number of rotatable bonds is 4. The largest absolute Gasteiger partial charge is 0.492 e. The second-order valence-electron chi connectivity index (χ2n) is 3.97. The summed E-state index contributed by atoms with van der Waals surface area (Å²) in [6, 6.07) is 9.58. The Kier molecular flexibility index (Phi) is 3.41. The number of carbonyl (C=O) groups is 1. The fraction of sp³-hybridized carbons (Fsp3) is 0.417. The maximum absolute atomic E-state index is 11.4. The van der Waals surface area contributed by atoms with E-state index in [1.807, 2.05) is 30.3 Å². The molecule has 1 heterocycles. The highest BCUT2D eigenvalue weighted by Gasteiger charge is 2.26. The van der Waals surface area contributed by atoms with Crippen LogP contribution in [0.25, 0.3) is 0 Å². The molecule has 0 aromatic heterocycles. The Morgan fingerprint density at radius 3 is 2.75 bits per heavy atom. The maximum atomic E-state index is 11.4. The lowest BCUT2D eigenvalue weighted by Crippen LogP contribution is -2.31. The molecule has 86 valence electrons. The molecule has 1 atom stereocenters. The average molecular weight is 220 g/mol. The van der Waals surface area contributed by atoms with Crippen LogP contribution in [0.4, 0.5) is 0 Å². The molecule has 1 unspecified atom stereocenters. The van der Waals surface area contributed by atoms with Gasteiger partial charge in [-0.15, -0.1) is 0 Å². The van der Waals surface area contributed by atoms with E-state index in [0.29, 0.717) is 26.1 Å². The predicted molar refractivity (Wildman–Crippen MR) is 61.1 cm³/mol. The zero-order valence-electron chi connectivity index (χ0n) is 9.13. The van der Waals surface area contributed by atoms with Gasteiger partial charge in [-0.25, -0.2) is 0 Å². The highest BCUT2D eigenvalue weighted by molar-refractivity contribution is 5.79. The number of nitrogens with zero attached hydrogens (tertiary/aromatic N) is 1. The van der Waals surface area contributed by atoms with Crippen molar-refractivity contribution in [2.24, 2.45) is 5.73 Å². The van der Waals surface area contributed by atoms with Crippen LogP contribution in [0.15, 0.2) is 30.3 Å². The van der Waals surface area contributed by atoms with Crippen LogP contribution >= 0.6 is 0 Å². The molecular formula is C12H16N2O2. The number of carbonyl (C=O) groups excluding carboxylic acids is 1. The summed E-state index contributed by atoms with van der Waals surface area (Å²) in [7, 11) is 0. The zero-order valence-corrected chi connectivity index (χ0v) is 9.13. The van der Waals surface area contributed by atoms with Crippen LogP contribution in [-0.2, 0) is 4.79 Å². The van der Waals surface area contributed by atoms with Gasteiger partial charge in [0, 0.05) is 19.0 Å². The molecule has 0 bridgehead atoms. The van der Waals surface area contributed by atoms with Crippen molar-refractivity contribution in [3.8, 4) is 5.75 Å². The van der Waals surface area contributed by atoms with Crippen molar-refractivity contribution in [3.05, 3.63) is 30.3 Å². The summed E-state index contributed by atoms with van der Waals surface area (Å²) < 4.78 is 5.52. The van der Waals surface area contributed by atoms with Crippen LogP contribution < -0.4 is 10.5 Å². The van der Waals surface area contributed by atoms with Crippen LogP contribution in [0.1, 0.15) is 6.42 Å². The van der Waals surface area contributed by atoms with Gasteiger partial charge in [0.15, 0.2) is 0 Å². The fourth-order valence-corrected chi connectivity index (χ4v) is 1.81. The van der Waals surface area contributed by atoms with Crippen molar-refractivity contribution in [2.75, 3.05) is 19.7 Å². The lowest BCUT2D eigenvalue weighted by Gasteiger charge is -2.16. The van der Waals surface area contributed by atoms with Crippen LogP contribution in [0.3, 0.4) is 0 Å². The lowest BCUT2D eigenvalue weighted by molar-refractivity contribution is -0.128. The van der Waals surface area contributed by atoms with Gasteiger partial charge in [0.2, 0.25) is 5.91 Å². The summed E-state index contributed by atoms with van der Waals surface area (Å²) in [4.78, 5) is 13.2. The van der Waals surface area contributed by atoms with Crippen LogP contribution in [0.2, 0.25) is 0 Å². The summed E-state index contributed by atoms with van der Waals surface area (Å²) in [5.74, 6) is 0.961. The highest BCUT2D eigenvalue weighted by atomic mass is 16.5. The first-order valence-corrected chi connectivity index (χ1v) is 5.47. The Hall–Kier alpha value is -1.55. The van der Waals surface area contributed by atoms with Gasteiger partial charge in [0.25, 0.3) is 0 Å². The summed E-state index contributed by atoms with van der Waals surface area (Å²) in [5.41, 5.74) is 5.70. The molecule has 2 N–H and O–H groups in total. The Labute approximate surface area is 95.0 Å². The molecule has 0 radical (unpaired) electrons. The summed E-state index contributed by atoms with van der Waals surface area (Å²) in [6.07, 6.45) is 0.464. The normalized spacial score (nSPS) is 20.2. The number of hydrogen-bond donors (Lipinski definition) is 1. The van der Waals surface area contributed by atoms with E-state index in [0.717, 1.165) is 5.75 Å². The van der Waals surface area contributed by atoms with Crippen molar-refractivity contribution in [2.45, 2.75) is 12.5 Å². The van der Waals surface area contributed by atoms with Crippen LogP contribution in [0.5, 0.6) is 5.75 Å². The Morgan fingerprint density at radius 2 is 2.12 bits per heavy atom. The monoisotopic (exact) mass is 220 g/mol. The van der Waals surface area contributed by atoms with Crippen molar-refractivity contribution in [3.63, 3.8) is 0 Å². The van der Waals surface area contributed by atoms with Gasteiger partial charge in [-0.3, -0.25) is 4.79 Å². The SMILES string of the molecule is NC1CC(=O)N(CCOc2ccccc2)C1. The lowest BCUT2D eigenvalue weighted by atomic mass is 10.3. The molecule has 1 aliphatic heterocycles. The first kappa shape index (κ1) is 11.0. The van der Waals surface area contributed by atoms with Gasteiger partial charge >= 0.3 is 0 Å². The highest BCUT2D eigenvalue weighted by Crippen LogP contribution is 2.10. The zero-order chi connectivity index (χ0) is 11.4. The number of likely N-dealkylation sites (tertiary alicyclic amines) is 1. The van der Waals surface area contributed by atoms with E-state index >= 15 is 0 Å². The number of nitrogens with two attached hydrogens (primary N) is 1. The molecule has 1 aromatic rings. The third kappa shape index (κ3) is 2.73. The maximum Gasteiger partial charge on any atom is 0.224 e. The third-order valence-electron chi connectivity index (χ3n) is 2.62. The second-order valence-corrected chi connectivity index (χ2v) is 3.97. The minimum atomic E-state index is -0.00998. The molecule has 1 fully saturated rings. The molecule has 4 heteroatoms. The number of amides is 1. The molecule has 0 aliphatic carbocycles. The van der Waals surface area contributed by atoms with E-state index in [1.165, 1.54) is 0 Å². The van der Waals surface area contributed by atoms with Crippen molar-refractivity contribution >= 4 is 5.91 Å². The minimum Gasteiger partial charge on any atom is -0.492 e. The average Bonchev–Trinajstić information content (AvgIpc) is 2.59. The van der Waals surface area contributed by atoms with Gasteiger partial charge in [-0.1, -0.05) is 18.2 Å². The number of benzene rings is 1. The van der Waals surface area contributed by atoms with E-state index in [1.54, 1.807) is 4.90 Å². The van der Waals surface area contributed by atoms with Gasteiger partial charge in [-0.05, 0) is 12.1 Å². The van der Waals surface area contributed by atoms with Crippen molar-refractivity contribution in [1.29, 1.82) is 0 Å². The predicted octanol–water partition coefficient (Wildman–Crippen LogP) is 0.625. The molecule has 1 aromatic carbocycles. The van der Waals surface area contributed by atoms with E-state index in [4.69, 9.17) is 10.5 Å². The van der Waals surface area contributed by atoms with E-state index < -0.39 is 0 Å². The molecule has 16 heavy (non-hydrogen) atoms. The van der Waals surface area contributed by atoms with Gasteiger partial charge < -0.3 is 15.4 Å². The topological polar surface area (TPSA) is 55.6 Å². The van der Waals surface area contributed by atoms with E-state index in [2.05, 4.69) is 0 Å². The summed E-state index contributed by atoms with van der Waals surface area (Å²) in [6.45, 7) is 1.78. The first-order valence-electron chi connectivity index (χ1n) is 5.47. The summed E-state index contributed by atoms with van der Waals surface area (Å²) >= 11 is 0. The van der Waals surface area contributed by atoms with E-state index in [9.17, 15) is 4.79 Å². The molecule has 1 aliphatic rings. The molecule has 0 spiro atoms. The van der Waals surface area contributed by atoms with E-state index in [-0.39, 0.29) is 11.9 Å². The quantitative estimate of drug-likeness (QED) is 0.809. The van der Waals surface area contributed by atoms with Gasteiger partial charge in [0.05, 0.1) is 6.54 Å². The third-order valence-corrected chi connectivity index (χ3v) is 2.62.